The van der Waals surface area contributed by atoms with Crippen molar-refractivity contribution in [2.24, 2.45) is 62.1 Å². The summed E-state index contributed by atoms with van der Waals surface area (Å²) in [7, 11) is 1.42. The number of amides is 1. The molecule has 1 amide bonds. The predicted molar refractivity (Wildman–Crippen MR) is 201 cm³/mol. The largest absolute Gasteiger partial charge is 0.481 e. The van der Waals surface area contributed by atoms with Crippen LogP contribution in [0.15, 0.2) is 11.1 Å². The van der Waals surface area contributed by atoms with Crippen LogP contribution in [-0.2, 0) is 33.4 Å². The van der Waals surface area contributed by atoms with E-state index in [1.807, 2.05) is 4.90 Å². The lowest BCUT2D eigenvalue weighted by atomic mass is 9.33. The number of methoxy groups -OCH3 is 1. The summed E-state index contributed by atoms with van der Waals surface area (Å²) >= 11 is 0. The molecule has 0 aromatic rings. The van der Waals surface area contributed by atoms with E-state index in [1.165, 1.54) is 12.7 Å². The third kappa shape index (κ3) is 6.11. The standard InChI is InChI=1S/C44H67NO8/c1-26(2)35-29(46)24-44(37(49)45-21-15-27(16-22-45)23-33(47)52-10)20-19-42(8)28(36(35)44)11-12-31-41(7)17-14-32(53-34(48)25-39(3,4)38(50)51)40(5,6)30(41)13-18-43(31,42)9/h26-28,30-32H,11-25H2,1-10H3,(H,50,51)/t28-,30+,31-,32+,41+,42-,43-,44-/m1/s1. The van der Waals surface area contributed by atoms with Gasteiger partial charge in [-0.05, 0) is 135 Å². The van der Waals surface area contributed by atoms with Gasteiger partial charge in [-0.1, -0.05) is 48.5 Å². The summed E-state index contributed by atoms with van der Waals surface area (Å²) in [5, 5.41) is 9.61. The molecule has 0 spiro atoms. The maximum absolute atomic E-state index is 14.9. The predicted octanol–water partition coefficient (Wildman–Crippen LogP) is 8.18. The van der Waals surface area contributed by atoms with Gasteiger partial charge < -0.3 is 19.5 Å². The molecule has 9 nitrogen and oxygen atoms in total. The molecule has 1 heterocycles. The third-order valence-electron chi connectivity index (χ3n) is 16.8. The van der Waals surface area contributed by atoms with Crippen LogP contribution in [-0.4, -0.2) is 65.9 Å². The Morgan fingerprint density at radius 1 is 0.849 bits per heavy atom. The van der Waals surface area contributed by atoms with Crippen molar-refractivity contribution in [2.45, 2.75) is 152 Å². The summed E-state index contributed by atoms with van der Waals surface area (Å²) in [4.78, 5) is 67.9. The molecule has 0 aromatic carbocycles. The van der Waals surface area contributed by atoms with E-state index in [4.69, 9.17) is 9.47 Å². The minimum atomic E-state index is -1.18. The Balaban J connectivity index is 1.27. The molecular weight excluding hydrogens is 670 g/mol. The van der Waals surface area contributed by atoms with Crippen LogP contribution < -0.4 is 0 Å². The van der Waals surface area contributed by atoms with Gasteiger partial charge >= 0.3 is 17.9 Å². The van der Waals surface area contributed by atoms with Crippen LogP contribution in [0.2, 0.25) is 0 Å². The number of carbonyl (C=O) groups excluding carboxylic acids is 4. The van der Waals surface area contributed by atoms with Gasteiger partial charge in [-0.15, -0.1) is 0 Å². The summed E-state index contributed by atoms with van der Waals surface area (Å²) in [6.07, 6.45) is 9.25. The van der Waals surface area contributed by atoms with Crippen molar-refractivity contribution in [3.63, 3.8) is 0 Å². The second kappa shape index (κ2) is 13.5. The second-order valence-corrected chi connectivity index (χ2v) is 20.5. The van der Waals surface area contributed by atoms with E-state index < -0.39 is 22.8 Å². The van der Waals surface area contributed by atoms with Crippen LogP contribution in [0.1, 0.15) is 146 Å². The molecule has 296 valence electrons. The monoisotopic (exact) mass is 737 g/mol. The molecule has 4 saturated carbocycles. The van der Waals surface area contributed by atoms with Crippen molar-refractivity contribution in [3.05, 3.63) is 11.1 Å². The quantitative estimate of drug-likeness (QED) is 0.247. The van der Waals surface area contributed by atoms with Crippen LogP contribution in [0, 0.1) is 62.1 Å². The first kappa shape index (κ1) is 40.0. The van der Waals surface area contributed by atoms with Crippen LogP contribution in [0.25, 0.3) is 0 Å². The summed E-state index contributed by atoms with van der Waals surface area (Å²) in [6, 6.07) is 0. The highest BCUT2D eigenvalue weighted by Crippen LogP contribution is 2.77. The number of esters is 2. The highest BCUT2D eigenvalue weighted by molar-refractivity contribution is 6.07. The molecule has 1 aliphatic heterocycles. The molecule has 5 fully saturated rings. The first-order chi connectivity index (χ1) is 24.6. The summed E-state index contributed by atoms with van der Waals surface area (Å²) < 4.78 is 11.1. The highest BCUT2D eigenvalue weighted by atomic mass is 16.5. The SMILES string of the molecule is COC(=O)CC1CCN(C(=O)[C@@]23CC[C@]4(C)[C@H](CC[C@@H]5[C@@]6(C)CC[C@H](OC(=O)CC(C)(C)C(=O)O)C(C)(C)[C@@H]6CC[C@]54C)C2=C(C(C)C)C(=O)C3)CC1. The van der Waals surface area contributed by atoms with E-state index in [0.29, 0.717) is 44.2 Å². The van der Waals surface area contributed by atoms with Gasteiger partial charge in [0.1, 0.15) is 6.10 Å². The van der Waals surface area contributed by atoms with Gasteiger partial charge in [0.25, 0.3) is 0 Å². The normalized spacial score (nSPS) is 38.4. The van der Waals surface area contributed by atoms with Crippen molar-refractivity contribution in [3.8, 4) is 0 Å². The fraction of sp³-hybridized carbons (Fsp3) is 0.841. The highest BCUT2D eigenvalue weighted by Gasteiger charge is 2.71. The number of ether oxygens (including phenoxy) is 2. The van der Waals surface area contributed by atoms with Gasteiger partial charge in [0.15, 0.2) is 5.78 Å². The zero-order valence-electron chi connectivity index (χ0n) is 34.3. The van der Waals surface area contributed by atoms with Gasteiger partial charge in [-0.2, -0.15) is 0 Å². The van der Waals surface area contributed by atoms with Crippen molar-refractivity contribution < 1.29 is 38.6 Å². The van der Waals surface area contributed by atoms with E-state index in [1.54, 1.807) is 13.8 Å². The van der Waals surface area contributed by atoms with Crippen molar-refractivity contribution >= 4 is 29.6 Å². The fourth-order valence-electron chi connectivity index (χ4n) is 13.7. The number of carboxylic acids is 1. The second-order valence-electron chi connectivity index (χ2n) is 20.5. The van der Waals surface area contributed by atoms with Gasteiger partial charge in [0, 0.05) is 31.3 Å². The molecule has 53 heavy (non-hydrogen) atoms. The number of nitrogens with zero attached hydrogens (tertiary/aromatic N) is 1. The number of carboxylic acid groups (broad SMARTS) is 1. The molecule has 8 atom stereocenters. The van der Waals surface area contributed by atoms with Gasteiger partial charge in [-0.3, -0.25) is 24.0 Å². The van der Waals surface area contributed by atoms with Crippen LogP contribution in [0.4, 0.5) is 0 Å². The Bertz CT molecular complexity index is 1570. The van der Waals surface area contributed by atoms with E-state index in [9.17, 15) is 29.1 Å². The molecule has 0 aromatic heterocycles. The van der Waals surface area contributed by atoms with Gasteiger partial charge in [0.2, 0.25) is 5.91 Å². The van der Waals surface area contributed by atoms with E-state index in [-0.39, 0.29) is 69.6 Å². The lowest BCUT2D eigenvalue weighted by Crippen LogP contribution is -2.66. The number of piperidine rings is 1. The van der Waals surface area contributed by atoms with Gasteiger partial charge in [0.05, 0.1) is 24.4 Å². The van der Waals surface area contributed by atoms with E-state index >= 15 is 0 Å². The molecule has 0 bridgehead atoms. The zero-order valence-corrected chi connectivity index (χ0v) is 34.3. The summed E-state index contributed by atoms with van der Waals surface area (Å²) in [6.45, 7) is 20.7. The molecule has 9 heteroatoms. The fourth-order valence-corrected chi connectivity index (χ4v) is 13.7. The minimum Gasteiger partial charge on any atom is -0.481 e. The number of allylic oxidation sites excluding steroid dienone is 1. The van der Waals surface area contributed by atoms with Crippen molar-refractivity contribution in [1.29, 1.82) is 0 Å². The first-order valence-electron chi connectivity index (χ1n) is 20.7. The number of rotatable bonds is 8. The topological polar surface area (TPSA) is 127 Å². The lowest BCUT2D eigenvalue weighted by molar-refractivity contribution is -0.233. The lowest BCUT2D eigenvalue weighted by Gasteiger charge is -2.72. The number of hydrogen-bond donors (Lipinski definition) is 1. The molecule has 5 aliphatic carbocycles. The number of hydrogen-bond acceptors (Lipinski definition) is 7. The van der Waals surface area contributed by atoms with Gasteiger partial charge in [-0.25, -0.2) is 0 Å². The van der Waals surface area contributed by atoms with Crippen molar-refractivity contribution in [2.75, 3.05) is 20.2 Å². The Labute approximate surface area is 317 Å². The van der Waals surface area contributed by atoms with Crippen LogP contribution in [0.5, 0.6) is 0 Å². The molecule has 6 aliphatic rings. The number of likely N-dealkylation sites (tertiary alicyclic amines) is 1. The summed E-state index contributed by atoms with van der Waals surface area (Å²) in [5.74, 6) is -0.0864. The molecule has 1 saturated heterocycles. The third-order valence-corrected chi connectivity index (χ3v) is 16.8. The molecule has 0 radical (unpaired) electrons. The smallest absolute Gasteiger partial charge is 0.309 e. The van der Waals surface area contributed by atoms with Crippen LogP contribution in [0.3, 0.4) is 0 Å². The molecule has 0 unspecified atom stereocenters. The molecule has 1 N–H and O–H groups in total. The Hall–Kier alpha value is -2.71. The van der Waals surface area contributed by atoms with E-state index in [2.05, 4.69) is 48.5 Å². The first-order valence-corrected chi connectivity index (χ1v) is 20.7. The number of carbonyl (C=O) groups is 5. The Morgan fingerprint density at radius 2 is 1.51 bits per heavy atom. The molecule has 6 rings (SSSR count). The minimum absolute atomic E-state index is 0.00837. The average Bonchev–Trinajstić information content (AvgIpc) is 3.39. The average molecular weight is 738 g/mol. The maximum atomic E-state index is 14.9. The number of Topliss-reactive ketones (excluding diaryl/α,β-unsaturated/α-hetero) is 1. The zero-order chi connectivity index (χ0) is 39.1. The van der Waals surface area contributed by atoms with E-state index in [0.717, 1.165) is 63.4 Å². The number of fused-ring (bicyclic) bond motifs is 7. The van der Waals surface area contributed by atoms with Crippen molar-refractivity contribution in [1.82, 2.24) is 4.90 Å². The Morgan fingerprint density at radius 3 is 2.11 bits per heavy atom. The Kier molecular flexibility index (Phi) is 10.2. The van der Waals surface area contributed by atoms with Crippen LogP contribution >= 0.6 is 0 Å². The number of ketones is 1. The summed E-state index contributed by atoms with van der Waals surface area (Å²) in [5.41, 5.74) is -0.131. The molecular formula is C44H67NO8. The maximum Gasteiger partial charge on any atom is 0.309 e. The number of aliphatic carboxylic acids is 1.